The molecule has 19 heavy (non-hydrogen) atoms. The molecule has 2 heterocycles. The second-order valence-corrected chi connectivity index (χ2v) is 4.76. The van der Waals surface area contributed by atoms with Gasteiger partial charge in [-0.2, -0.15) is 4.98 Å². The lowest BCUT2D eigenvalue weighted by molar-refractivity contribution is 0.102. The fourth-order valence-corrected chi connectivity index (χ4v) is 2.18. The zero-order chi connectivity index (χ0) is 13.8. The van der Waals surface area contributed by atoms with Gasteiger partial charge in [0.05, 0.1) is 12.1 Å². The van der Waals surface area contributed by atoms with Crippen LogP contribution in [0.3, 0.4) is 0 Å². The highest BCUT2D eigenvalue weighted by atomic mass is 32.1. The molecule has 7 heteroatoms. The third kappa shape index (κ3) is 3.25. The Kier molecular flexibility index (Phi) is 4.06. The molecule has 0 aliphatic heterocycles. The molecule has 0 radical (unpaired) electrons. The van der Waals surface area contributed by atoms with Gasteiger partial charge in [-0.1, -0.05) is 6.92 Å². The van der Waals surface area contributed by atoms with Gasteiger partial charge in [-0.25, -0.2) is 9.97 Å². The van der Waals surface area contributed by atoms with Crippen molar-refractivity contribution in [3.63, 3.8) is 0 Å². The molecule has 2 rings (SSSR count). The molecular weight excluding hydrogens is 264 g/mol. The quantitative estimate of drug-likeness (QED) is 0.926. The summed E-state index contributed by atoms with van der Waals surface area (Å²) in [5, 5.41) is 5.35. The molecule has 0 aromatic carbocycles. The molecule has 0 saturated heterocycles. The number of nitrogens with zero attached hydrogens (tertiary/aromatic N) is 3. The number of methoxy groups -OCH3 is 1. The highest BCUT2D eigenvalue weighted by molar-refractivity contribution is 7.09. The average Bonchev–Trinajstić information content (AvgIpc) is 2.86. The summed E-state index contributed by atoms with van der Waals surface area (Å²) in [5.41, 5.74) is 1.12. The molecule has 2 aromatic heterocycles. The minimum absolute atomic E-state index is 0.225. The number of aromatic nitrogens is 3. The maximum atomic E-state index is 12.0. The van der Waals surface area contributed by atoms with Gasteiger partial charge in [-0.15, -0.1) is 11.3 Å². The van der Waals surface area contributed by atoms with Crippen molar-refractivity contribution in [2.75, 3.05) is 12.4 Å². The lowest BCUT2D eigenvalue weighted by atomic mass is 10.4. The summed E-state index contributed by atoms with van der Waals surface area (Å²) >= 11 is 1.47. The fourth-order valence-electron chi connectivity index (χ4n) is 1.45. The molecule has 0 atom stereocenters. The van der Waals surface area contributed by atoms with Gasteiger partial charge in [0.15, 0.2) is 0 Å². The van der Waals surface area contributed by atoms with E-state index >= 15 is 0 Å². The van der Waals surface area contributed by atoms with E-state index in [0.717, 1.165) is 17.1 Å². The maximum absolute atomic E-state index is 12.0. The third-order valence-corrected chi connectivity index (χ3v) is 3.34. The Morgan fingerprint density at radius 1 is 1.42 bits per heavy atom. The molecule has 0 aliphatic rings. The van der Waals surface area contributed by atoms with Crippen LogP contribution in [-0.4, -0.2) is 28.0 Å². The maximum Gasteiger partial charge on any atom is 0.318 e. The van der Waals surface area contributed by atoms with Crippen LogP contribution in [0.2, 0.25) is 0 Å². The molecular formula is C12H14N4O2S. The number of nitrogens with one attached hydrogen (secondary N) is 1. The molecule has 0 aliphatic carbocycles. The lowest BCUT2D eigenvalue weighted by Crippen LogP contribution is -2.14. The molecule has 0 fully saturated rings. The first-order valence-corrected chi connectivity index (χ1v) is 6.65. The zero-order valence-corrected chi connectivity index (χ0v) is 11.7. The van der Waals surface area contributed by atoms with Crippen LogP contribution in [0.1, 0.15) is 28.1 Å². The van der Waals surface area contributed by atoms with Crippen molar-refractivity contribution in [2.24, 2.45) is 0 Å². The van der Waals surface area contributed by atoms with E-state index in [4.69, 9.17) is 4.74 Å². The minimum atomic E-state index is -0.281. The molecule has 2 aromatic rings. The van der Waals surface area contributed by atoms with Crippen molar-refractivity contribution in [2.45, 2.75) is 20.3 Å². The van der Waals surface area contributed by atoms with Crippen LogP contribution in [0.25, 0.3) is 0 Å². The van der Waals surface area contributed by atoms with Crippen LogP contribution in [0.4, 0.5) is 5.82 Å². The zero-order valence-electron chi connectivity index (χ0n) is 10.9. The Hall–Kier alpha value is -2.02. The summed E-state index contributed by atoms with van der Waals surface area (Å²) in [6, 6.07) is 1.90. The number of ether oxygens (including phenoxy) is 1. The van der Waals surface area contributed by atoms with Gasteiger partial charge in [-0.3, -0.25) is 4.79 Å². The summed E-state index contributed by atoms with van der Waals surface area (Å²) in [6.45, 7) is 3.80. The minimum Gasteiger partial charge on any atom is -0.467 e. The fraction of sp³-hybridized carbons (Fsp3) is 0.333. The summed E-state index contributed by atoms with van der Waals surface area (Å²) < 4.78 is 4.96. The second-order valence-electron chi connectivity index (χ2n) is 3.82. The Morgan fingerprint density at radius 2 is 2.21 bits per heavy atom. The Labute approximate surface area is 114 Å². The monoisotopic (exact) mass is 278 g/mol. The molecule has 1 N–H and O–H groups in total. The largest absolute Gasteiger partial charge is 0.467 e. The van der Waals surface area contributed by atoms with E-state index in [-0.39, 0.29) is 11.9 Å². The van der Waals surface area contributed by atoms with Gasteiger partial charge in [0.1, 0.15) is 11.5 Å². The van der Waals surface area contributed by atoms with Gasteiger partial charge in [-0.05, 0) is 13.3 Å². The van der Waals surface area contributed by atoms with E-state index in [2.05, 4.69) is 20.3 Å². The molecule has 0 saturated carbocycles. The number of hydrogen-bond acceptors (Lipinski definition) is 6. The van der Waals surface area contributed by atoms with E-state index < -0.39 is 0 Å². The van der Waals surface area contributed by atoms with Crippen molar-refractivity contribution in [1.82, 2.24) is 15.0 Å². The number of hydrogen-bond donors (Lipinski definition) is 1. The highest BCUT2D eigenvalue weighted by Gasteiger charge is 2.12. The predicted molar refractivity (Wildman–Crippen MR) is 72.8 cm³/mol. The van der Waals surface area contributed by atoms with Crippen LogP contribution < -0.4 is 10.1 Å². The van der Waals surface area contributed by atoms with E-state index in [1.54, 1.807) is 18.4 Å². The van der Waals surface area contributed by atoms with Crippen LogP contribution in [0, 0.1) is 6.92 Å². The summed E-state index contributed by atoms with van der Waals surface area (Å²) in [5.74, 6) is 0.122. The van der Waals surface area contributed by atoms with E-state index in [1.165, 1.54) is 18.4 Å². The molecule has 100 valence electrons. The first-order chi connectivity index (χ1) is 9.12. The van der Waals surface area contributed by atoms with Crippen molar-refractivity contribution in [1.29, 1.82) is 0 Å². The normalized spacial score (nSPS) is 10.3. The lowest BCUT2D eigenvalue weighted by Gasteiger charge is -2.05. The van der Waals surface area contributed by atoms with Gasteiger partial charge in [0.2, 0.25) is 0 Å². The molecule has 1 amide bonds. The van der Waals surface area contributed by atoms with Gasteiger partial charge in [0.25, 0.3) is 5.91 Å². The smallest absolute Gasteiger partial charge is 0.318 e. The number of rotatable bonds is 4. The highest BCUT2D eigenvalue weighted by Crippen LogP contribution is 2.14. The molecule has 0 spiro atoms. The number of carbonyl (C=O) groups excluding carboxylic acids is 1. The number of anilines is 1. The summed E-state index contributed by atoms with van der Waals surface area (Å²) in [7, 11) is 1.48. The Bertz CT molecular complexity index is 597. The topological polar surface area (TPSA) is 77.0 Å². The molecule has 0 bridgehead atoms. The first kappa shape index (κ1) is 13.4. The number of carbonyl (C=O) groups is 1. The Balaban J connectivity index is 2.16. The van der Waals surface area contributed by atoms with Crippen LogP contribution in [-0.2, 0) is 6.42 Å². The predicted octanol–water partition coefficient (Wildman–Crippen LogP) is 2.06. The number of amides is 1. The van der Waals surface area contributed by atoms with Crippen LogP contribution >= 0.6 is 11.3 Å². The van der Waals surface area contributed by atoms with E-state index in [9.17, 15) is 4.79 Å². The van der Waals surface area contributed by atoms with E-state index in [0.29, 0.717) is 11.5 Å². The van der Waals surface area contributed by atoms with Gasteiger partial charge in [0, 0.05) is 17.1 Å². The van der Waals surface area contributed by atoms with Crippen LogP contribution in [0.15, 0.2) is 11.4 Å². The van der Waals surface area contributed by atoms with E-state index in [1.807, 2.05) is 6.92 Å². The Morgan fingerprint density at radius 3 is 2.84 bits per heavy atom. The van der Waals surface area contributed by atoms with Crippen LogP contribution in [0.5, 0.6) is 6.01 Å². The number of aryl methyl sites for hydroxylation is 2. The molecule has 0 unspecified atom stereocenters. The van der Waals surface area contributed by atoms with Crippen molar-refractivity contribution in [3.05, 3.63) is 27.8 Å². The van der Waals surface area contributed by atoms with Crippen molar-refractivity contribution in [3.8, 4) is 6.01 Å². The summed E-state index contributed by atoms with van der Waals surface area (Å²) in [6.07, 6.45) is 0.818. The van der Waals surface area contributed by atoms with Crippen molar-refractivity contribution >= 4 is 23.1 Å². The standard InChI is InChI=1S/C12H14N4O2S/c1-4-10-14-8(6-19-10)11(17)15-9-5-7(2)13-12(16-9)18-3/h5-6H,4H2,1-3H3,(H,13,15,16,17). The van der Waals surface area contributed by atoms with Gasteiger partial charge < -0.3 is 10.1 Å². The second kappa shape index (κ2) is 5.75. The van der Waals surface area contributed by atoms with Gasteiger partial charge >= 0.3 is 6.01 Å². The first-order valence-electron chi connectivity index (χ1n) is 5.77. The SMILES string of the molecule is CCc1nc(C(=O)Nc2cc(C)nc(OC)n2)cs1. The number of thiazole rings is 1. The van der Waals surface area contributed by atoms with Crippen molar-refractivity contribution < 1.29 is 9.53 Å². The third-order valence-electron chi connectivity index (χ3n) is 2.34. The molecule has 6 nitrogen and oxygen atoms in total. The summed E-state index contributed by atoms with van der Waals surface area (Å²) in [4.78, 5) is 24.3. The average molecular weight is 278 g/mol.